The van der Waals surface area contributed by atoms with E-state index in [4.69, 9.17) is 16.3 Å². The molecule has 1 aliphatic rings. The predicted octanol–water partition coefficient (Wildman–Crippen LogP) is 4.46. The number of halogens is 1. The lowest BCUT2D eigenvalue weighted by Crippen LogP contribution is -2.22. The topological polar surface area (TPSA) is 73.2 Å². The van der Waals surface area contributed by atoms with E-state index in [9.17, 15) is 9.00 Å². The van der Waals surface area contributed by atoms with E-state index in [1.54, 1.807) is 16.8 Å². The number of carbonyl (C=O) groups excluding carboxylic acids is 1. The highest BCUT2D eigenvalue weighted by molar-refractivity contribution is 7.83. The number of carbonyl (C=O) groups is 1. The number of fused-ring (bicyclic) bond motifs is 2. The summed E-state index contributed by atoms with van der Waals surface area (Å²) in [5.41, 5.74) is 2.24. The quantitative estimate of drug-likeness (QED) is 0.486. The number of benzene rings is 3. The van der Waals surface area contributed by atoms with Crippen LogP contribution in [0.1, 0.15) is 11.3 Å². The van der Waals surface area contributed by atoms with E-state index < -0.39 is 10.8 Å². The molecule has 0 aliphatic carbocycles. The summed E-state index contributed by atoms with van der Waals surface area (Å²) in [5, 5.41) is 10.2. The fraction of sp³-hybridized carbons (Fsp3) is 0.130. The number of ether oxygens (including phenoxy) is 1. The van der Waals surface area contributed by atoms with Crippen LogP contribution in [0.15, 0.2) is 66.7 Å². The van der Waals surface area contributed by atoms with Crippen molar-refractivity contribution < 1.29 is 13.7 Å². The molecular weight excluding hydrogens is 434 g/mol. The van der Waals surface area contributed by atoms with E-state index in [1.807, 2.05) is 54.6 Å². The van der Waals surface area contributed by atoms with Crippen molar-refractivity contribution in [3.05, 3.63) is 83.0 Å². The van der Waals surface area contributed by atoms with Gasteiger partial charge in [-0.3, -0.25) is 9.00 Å². The first-order valence-corrected chi connectivity index (χ1v) is 11.6. The summed E-state index contributed by atoms with van der Waals surface area (Å²) in [6, 6.07) is 20.9. The van der Waals surface area contributed by atoms with Gasteiger partial charge in [-0.05, 0) is 41.1 Å². The highest BCUT2D eigenvalue weighted by atomic mass is 35.5. The molecule has 6 nitrogen and oxygen atoms in total. The third kappa shape index (κ3) is 4.06. The summed E-state index contributed by atoms with van der Waals surface area (Å²) in [6.07, 6.45) is 0. The Kier molecular flexibility index (Phi) is 5.21. The van der Waals surface area contributed by atoms with Gasteiger partial charge in [0.1, 0.15) is 11.6 Å². The summed E-state index contributed by atoms with van der Waals surface area (Å²) < 4.78 is 19.4. The number of rotatable bonds is 5. The van der Waals surface area contributed by atoms with Crippen LogP contribution < -0.4 is 10.1 Å². The van der Waals surface area contributed by atoms with Crippen molar-refractivity contribution in [1.29, 1.82) is 0 Å². The predicted molar refractivity (Wildman–Crippen MR) is 122 cm³/mol. The molecule has 156 valence electrons. The maximum absolute atomic E-state index is 12.7. The summed E-state index contributed by atoms with van der Waals surface area (Å²) in [4.78, 5) is 12.7. The average Bonchev–Trinajstić information content (AvgIpc) is 3.29. The van der Waals surface area contributed by atoms with Crippen LogP contribution in [-0.2, 0) is 27.1 Å². The maximum atomic E-state index is 12.7. The molecule has 0 unspecified atom stereocenters. The number of hydrogen-bond donors (Lipinski definition) is 1. The van der Waals surface area contributed by atoms with Gasteiger partial charge in [-0.15, -0.1) is 0 Å². The summed E-state index contributed by atoms with van der Waals surface area (Å²) in [6.45, 7) is -0.156. The van der Waals surface area contributed by atoms with Crippen molar-refractivity contribution in [2.24, 2.45) is 0 Å². The van der Waals surface area contributed by atoms with Crippen molar-refractivity contribution in [3.63, 3.8) is 0 Å². The number of nitrogens with one attached hydrogen (secondary N) is 1. The van der Waals surface area contributed by atoms with Gasteiger partial charge in [0.05, 0.1) is 22.9 Å². The van der Waals surface area contributed by atoms with Gasteiger partial charge in [0.2, 0.25) is 0 Å². The molecular formula is C23H18ClN3O3S. The summed E-state index contributed by atoms with van der Waals surface area (Å²) in [5.74, 6) is 1.53. The number of anilines is 1. The van der Waals surface area contributed by atoms with E-state index in [2.05, 4.69) is 10.4 Å². The molecule has 8 heteroatoms. The SMILES string of the molecule is O=C(COc1ccc2ccccc2c1)Nc1c2c(nn1-c1cccc(Cl)c1)C[S@@](=O)C2. The standard InChI is InChI=1S/C23H18ClN3O3S/c24-17-6-3-7-18(11-17)27-23(20-13-31(29)14-21(20)26-27)25-22(28)12-30-19-9-8-15-4-1-2-5-16(15)10-19/h1-11H,12-14H2,(H,25,28)/t31-/m0/s1. The van der Waals surface area contributed by atoms with E-state index >= 15 is 0 Å². The van der Waals surface area contributed by atoms with E-state index in [-0.39, 0.29) is 12.5 Å². The summed E-state index contributed by atoms with van der Waals surface area (Å²) in [7, 11) is -1.01. The van der Waals surface area contributed by atoms with Gasteiger partial charge in [0.25, 0.3) is 5.91 Å². The lowest BCUT2D eigenvalue weighted by atomic mass is 10.1. The maximum Gasteiger partial charge on any atom is 0.263 e. The van der Waals surface area contributed by atoms with Crippen LogP contribution >= 0.6 is 11.6 Å². The second kappa shape index (κ2) is 8.17. The second-order valence-corrected chi connectivity index (χ2v) is 9.13. The minimum Gasteiger partial charge on any atom is -0.484 e. The molecule has 3 aromatic carbocycles. The average molecular weight is 452 g/mol. The van der Waals surface area contributed by atoms with Crippen molar-refractivity contribution in [3.8, 4) is 11.4 Å². The molecule has 0 bridgehead atoms. The van der Waals surface area contributed by atoms with Gasteiger partial charge in [-0.25, -0.2) is 4.68 Å². The summed E-state index contributed by atoms with van der Waals surface area (Å²) >= 11 is 6.13. The zero-order chi connectivity index (χ0) is 21.4. The molecule has 1 aliphatic heterocycles. The van der Waals surface area contributed by atoms with Crippen LogP contribution in [-0.4, -0.2) is 26.5 Å². The molecule has 0 saturated carbocycles. The van der Waals surface area contributed by atoms with E-state index in [1.165, 1.54) is 0 Å². The Morgan fingerprint density at radius 1 is 1.06 bits per heavy atom. The third-order valence-electron chi connectivity index (χ3n) is 5.07. The first kappa shape index (κ1) is 19.8. The Morgan fingerprint density at radius 2 is 1.90 bits per heavy atom. The number of nitrogens with zero attached hydrogens (tertiary/aromatic N) is 2. The number of aromatic nitrogens is 2. The van der Waals surface area contributed by atoms with Gasteiger partial charge in [0, 0.05) is 21.4 Å². The van der Waals surface area contributed by atoms with Crippen LogP contribution in [0.4, 0.5) is 5.82 Å². The minimum absolute atomic E-state index is 0.156. The zero-order valence-corrected chi connectivity index (χ0v) is 17.9. The molecule has 0 spiro atoms. The lowest BCUT2D eigenvalue weighted by molar-refractivity contribution is -0.118. The van der Waals surface area contributed by atoms with Crippen molar-refractivity contribution in [1.82, 2.24) is 9.78 Å². The molecule has 1 amide bonds. The molecule has 0 fully saturated rings. The number of amides is 1. The molecule has 4 aromatic rings. The molecule has 1 aromatic heterocycles. The van der Waals surface area contributed by atoms with E-state index in [0.29, 0.717) is 28.1 Å². The normalized spacial score (nSPS) is 15.1. The van der Waals surface area contributed by atoms with Crippen molar-refractivity contribution in [2.75, 3.05) is 11.9 Å². The molecule has 0 saturated heterocycles. The van der Waals surface area contributed by atoms with Crippen LogP contribution in [0.25, 0.3) is 16.5 Å². The Balaban J connectivity index is 1.37. The molecule has 1 N–H and O–H groups in total. The molecule has 2 heterocycles. The van der Waals surface area contributed by atoms with Gasteiger partial charge < -0.3 is 10.1 Å². The Bertz CT molecular complexity index is 1330. The van der Waals surface area contributed by atoms with Gasteiger partial charge in [-0.1, -0.05) is 48.0 Å². The molecule has 0 radical (unpaired) electrons. The van der Waals surface area contributed by atoms with Crippen molar-refractivity contribution >= 4 is 44.9 Å². The van der Waals surface area contributed by atoms with Gasteiger partial charge >= 0.3 is 0 Å². The molecule has 5 rings (SSSR count). The van der Waals surface area contributed by atoms with E-state index in [0.717, 1.165) is 27.7 Å². The fourth-order valence-electron chi connectivity index (χ4n) is 3.63. The van der Waals surface area contributed by atoms with Crippen LogP contribution in [0.5, 0.6) is 5.75 Å². The zero-order valence-electron chi connectivity index (χ0n) is 16.4. The second-order valence-electron chi connectivity index (χ2n) is 7.24. The Labute approximate surface area is 186 Å². The number of hydrogen-bond acceptors (Lipinski definition) is 4. The molecule has 31 heavy (non-hydrogen) atoms. The van der Waals surface area contributed by atoms with Gasteiger partial charge in [-0.2, -0.15) is 5.10 Å². The first-order chi connectivity index (χ1) is 15.1. The molecule has 1 atom stereocenters. The Morgan fingerprint density at radius 3 is 2.74 bits per heavy atom. The largest absolute Gasteiger partial charge is 0.484 e. The first-order valence-electron chi connectivity index (χ1n) is 9.70. The minimum atomic E-state index is -1.01. The van der Waals surface area contributed by atoms with Crippen LogP contribution in [0.3, 0.4) is 0 Å². The Hall–Kier alpha value is -3.16. The van der Waals surface area contributed by atoms with Crippen molar-refractivity contribution in [2.45, 2.75) is 11.5 Å². The lowest BCUT2D eigenvalue weighted by Gasteiger charge is -2.12. The van der Waals surface area contributed by atoms with Crippen LogP contribution in [0.2, 0.25) is 5.02 Å². The highest BCUT2D eigenvalue weighted by Crippen LogP contribution is 2.32. The monoisotopic (exact) mass is 451 g/mol. The van der Waals surface area contributed by atoms with Crippen LogP contribution in [0, 0.1) is 0 Å². The highest BCUT2D eigenvalue weighted by Gasteiger charge is 2.28. The smallest absolute Gasteiger partial charge is 0.263 e. The van der Waals surface area contributed by atoms with Gasteiger partial charge in [0.15, 0.2) is 6.61 Å². The fourth-order valence-corrected chi connectivity index (χ4v) is 5.07. The third-order valence-corrected chi connectivity index (χ3v) is 6.51.